The standard InChI is InChI=1S/C29H32N2O5/c1-18(35-19(2)32)16-31-13-12-29-22-8-9-23(30(3)26(33)10-7-20-11-14-34-17-20)28(29)36-25-6-4-5-21(27(25)29)15-24(22)31/h4-7,10-11,14,17,22-24,28H,1,8-9,12-13,15-16H2,2-3H3/t22-,23+,24+,28-,29-/m0/s1. The molecule has 0 radical (unpaired) electrons. The summed E-state index contributed by atoms with van der Waals surface area (Å²) in [5.74, 6) is 1.55. The Kier molecular flexibility index (Phi) is 5.56. The van der Waals surface area contributed by atoms with E-state index in [2.05, 4.69) is 29.7 Å². The average molecular weight is 489 g/mol. The van der Waals surface area contributed by atoms with Crippen LogP contribution in [0.15, 0.2) is 59.6 Å². The highest BCUT2D eigenvalue weighted by atomic mass is 16.5. The maximum Gasteiger partial charge on any atom is 0.307 e. The zero-order valence-electron chi connectivity index (χ0n) is 20.8. The van der Waals surface area contributed by atoms with E-state index in [4.69, 9.17) is 13.9 Å². The first kappa shape index (κ1) is 23.1. The molecule has 5 atom stereocenters. The number of nitrogens with zero attached hydrogens (tertiary/aromatic N) is 2. The Hall–Kier alpha value is -3.32. The van der Waals surface area contributed by atoms with Crippen molar-refractivity contribution in [2.75, 3.05) is 20.1 Å². The number of hydrogen-bond donors (Lipinski definition) is 0. The van der Waals surface area contributed by atoms with Gasteiger partial charge >= 0.3 is 5.97 Å². The molecule has 7 nitrogen and oxygen atoms in total. The van der Waals surface area contributed by atoms with E-state index in [-0.39, 0.29) is 29.4 Å². The Morgan fingerprint density at radius 3 is 2.94 bits per heavy atom. The summed E-state index contributed by atoms with van der Waals surface area (Å²) in [4.78, 5) is 29.0. The third-order valence-electron chi connectivity index (χ3n) is 8.77. The molecule has 1 amide bonds. The molecule has 188 valence electrons. The van der Waals surface area contributed by atoms with E-state index in [9.17, 15) is 9.59 Å². The van der Waals surface area contributed by atoms with Crippen LogP contribution in [0.5, 0.6) is 5.75 Å². The van der Waals surface area contributed by atoms with Crippen LogP contribution in [0.25, 0.3) is 6.08 Å². The van der Waals surface area contributed by atoms with Gasteiger partial charge in [-0.1, -0.05) is 18.7 Å². The predicted octanol–water partition coefficient (Wildman–Crippen LogP) is 3.94. The molecular weight excluding hydrogens is 456 g/mol. The SMILES string of the molecule is C=C(CN1CC[C@]23c4c5cccc4O[C@H]2[C@H](N(C)C(=O)C=Cc2ccoc2)CC[C@H]3[C@H]1C5)OC(C)=O. The van der Waals surface area contributed by atoms with Crippen LogP contribution in [0.2, 0.25) is 0 Å². The largest absolute Gasteiger partial charge is 0.487 e. The summed E-state index contributed by atoms with van der Waals surface area (Å²) in [5.41, 5.74) is 3.47. The first-order chi connectivity index (χ1) is 17.4. The molecule has 6 rings (SSSR count). The summed E-state index contributed by atoms with van der Waals surface area (Å²) in [7, 11) is 1.90. The molecular formula is C29H32N2O5. The molecule has 2 aliphatic heterocycles. The number of hydrogen-bond acceptors (Lipinski definition) is 6. The molecule has 0 N–H and O–H groups in total. The van der Waals surface area contributed by atoms with Crippen molar-refractivity contribution in [3.05, 3.63) is 71.9 Å². The monoisotopic (exact) mass is 488 g/mol. The first-order valence-electron chi connectivity index (χ1n) is 12.7. The lowest BCUT2D eigenvalue weighted by Crippen LogP contribution is -2.69. The smallest absolute Gasteiger partial charge is 0.307 e. The van der Waals surface area contributed by atoms with Crippen molar-refractivity contribution < 1.29 is 23.5 Å². The Morgan fingerprint density at radius 1 is 1.31 bits per heavy atom. The maximum absolute atomic E-state index is 13.2. The van der Waals surface area contributed by atoms with E-state index >= 15 is 0 Å². The second kappa shape index (κ2) is 8.66. The summed E-state index contributed by atoms with van der Waals surface area (Å²) in [6.45, 7) is 6.84. The van der Waals surface area contributed by atoms with Gasteiger partial charge in [0.15, 0.2) is 0 Å². The highest BCUT2D eigenvalue weighted by molar-refractivity contribution is 5.91. The zero-order valence-corrected chi connectivity index (χ0v) is 20.8. The number of piperidine rings is 1. The first-order valence-corrected chi connectivity index (χ1v) is 12.7. The van der Waals surface area contributed by atoms with Crippen molar-refractivity contribution in [3.63, 3.8) is 0 Å². The van der Waals surface area contributed by atoms with Crippen LogP contribution in [0.3, 0.4) is 0 Å². The summed E-state index contributed by atoms with van der Waals surface area (Å²) in [6.07, 6.45) is 10.4. The van der Waals surface area contributed by atoms with Crippen molar-refractivity contribution in [2.45, 2.75) is 56.2 Å². The molecule has 1 aromatic carbocycles. The van der Waals surface area contributed by atoms with Gasteiger partial charge in [0.25, 0.3) is 0 Å². The van der Waals surface area contributed by atoms with Gasteiger partial charge in [0, 0.05) is 42.6 Å². The minimum absolute atomic E-state index is 0.00990. The number of carbonyl (C=O) groups excluding carboxylic acids is 2. The van der Waals surface area contributed by atoms with E-state index in [0.29, 0.717) is 24.3 Å². The highest BCUT2D eigenvalue weighted by Gasteiger charge is 2.65. The van der Waals surface area contributed by atoms with Gasteiger partial charge in [-0.15, -0.1) is 0 Å². The number of esters is 1. The molecule has 4 aliphatic rings. The molecule has 3 heterocycles. The fraction of sp³-hybridized carbons (Fsp3) is 0.448. The maximum atomic E-state index is 13.2. The number of furan rings is 1. The molecule has 0 unspecified atom stereocenters. The fourth-order valence-electron chi connectivity index (χ4n) is 7.44. The van der Waals surface area contributed by atoms with Crippen LogP contribution in [-0.2, 0) is 26.2 Å². The van der Waals surface area contributed by atoms with Gasteiger partial charge in [-0.2, -0.15) is 0 Å². The number of carbonyl (C=O) groups is 2. The lowest BCUT2D eigenvalue weighted by atomic mass is 9.51. The Labute approximate surface area is 211 Å². The second-order valence-electron chi connectivity index (χ2n) is 10.6. The number of amides is 1. The highest BCUT2D eigenvalue weighted by Crippen LogP contribution is 2.62. The molecule has 7 heteroatoms. The number of rotatable bonds is 6. The van der Waals surface area contributed by atoms with Crippen LogP contribution >= 0.6 is 0 Å². The fourth-order valence-corrected chi connectivity index (χ4v) is 7.44. The van der Waals surface area contributed by atoms with E-state index in [1.54, 1.807) is 24.7 Å². The molecule has 2 aromatic rings. The Morgan fingerprint density at radius 2 is 2.17 bits per heavy atom. The molecule has 2 fully saturated rings. The number of ether oxygens (including phenoxy) is 2. The van der Waals surface area contributed by atoms with E-state index in [1.807, 2.05) is 18.0 Å². The number of benzene rings is 1. The predicted molar refractivity (Wildman–Crippen MR) is 134 cm³/mol. The number of likely N-dealkylation sites (tertiary alicyclic amines) is 1. The normalized spacial score (nSPS) is 29.9. The van der Waals surface area contributed by atoms with Gasteiger partial charge in [0.1, 0.15) is 17.6 Å². The summed E-state index contributed by atoms with van der Waals surface area (Å²) < 4.78 is 17.1. The molecule has 1 spiro atoms. The lowest BCUT2D eigenvalue weighted by Gasteiger charge is -2.60. The molecule has 1 saturated heterocycles. The van der Waals surface area contributed by atoms with E-state index in [0.717, 1.165) is 43.5 Å². The number of likely N-dealkylation sites (N-methyl/N-ethyl adjacent to an activating group) is 1. The van der Waals surface area contributed by atoms with Crippen molar-refractivity contribution in [1.29, 1.82) is 0 Å². The summed E-state index contributed by atoms with van der Waals surface area (Å²) >= 11 is 0. The van der Waals surface area contributed by atoms with E-state index in [1.165, 1.54) is 18.1 Å². The minimum Gasteiger partial charge on any atom is -0.487 e. The van der Waals surface area contributed by atoms with Crippen molar-refractivity contribution in [1.82, 2.24) is 9.80 Å². The van der Waals surface area contributed by atoms with Gasteiger partial charge in [-0.25, -0.2) is 0 Å². The minimum atomic E-state index is -0.327. The van der Waals surface area contributed by atoms with Crippen LogP contribution < -0.4 is 4.74 Å². The van der Waals surface area contributed by atoms with Gasteiger partial charge in [-0.05, 0) is 61.9 Å². The third-order valence-corrected chi connectivity index (χ3v) is 8.77. The van der Waals surface area contributed by atoms with Gasteiger partial charge < -0.3 is 18.8 Å². The van der Waals surface area contributed by atoms with Gasteiger partial charge in [0.05, 0.1) is 25.1 Å². The summed E-state index contributed by atoms with van der Waals surface area (Å²) in [6, 6.07) is 8.54. The quantitative estimate of drug-likeness (QED) is 0.349. The molecule has 36 heavy (non-hydrogen) atoms. The molecule has 1 aromatic heterocycles. The Bertz CT molecular complexity index is 1230. The van der Waals surface area contributed by atoms with E-state index < -0.39 is 0 Å². The molecule has 2 bridgehead atoms. The molecule has 2 aliphatic carbocycles. The third kappa shape index (κ3) is 3.52. The Balaban J connectivity index is 1.30. The molecule has 1 saturated carbocycles. The van der Waals surface area contributed by atoms with Gasteiger partial charge in [-0.3, -0.25) is 14.5 Å². The van der Waals surface area contributed by atoms with Crippen molar-refractivity contribution in [2.24, 2.45) is 5.92 Å². The lowest BCUT2D eigenvalue weighted by molar-refractivity contribution is -0.139. The van der Waals surface area contributed by atoms with Crippen molar-refractivity contribution >= 4 is 18.0 Å². The van der Waals surface area contributed by atoms with Crippen LogP contribution in [-0.4, -0.2) is 60.0 Å². The van der Waals surface area contributed by atoms with Crippen LogP contribution in [0.1, 0.15) is 42.9 Å². The van der Waals surface area contributed by atoms with Crippen LogP contribution in [0, 0.1) is 5.92 Å². The van der Waals surface area contributed by atoms with Crippen molar-refractivity contribution in [3.8, 4) is 5.75 Å². The van der Waals surface area contributed by atoms with Gasteiger partial charge in [0.2, 0.25) is 5.91 Å². The second-order valence-corrected chi connectivity index (χ2v) is 10.6. The zero-order chi connectivity index (χ0) is 25.0. The topological polar surface area (TPSA) is 72.2 Å². The van der Waals surface area contributed by atoms with Crippen LogP contribution in [0.4, 0.5) is 0 Å². The average Bonchev–Trinajstić information content (AvgIpc) is 3.48. The summed E-state index contributed by atoms with van der Waals surface area (Å²) in [5, 5.41) is 0.